The van der Waals surface area contributed by atoms with Gasteiger partial charge in [0.15, 0.2) is 0 Å². The lowest BCUT2D eigenvalue weighted by Crippen LogP contribution is -2.34. The molecule has 2 rings (SSSR count). The van der Waals surface area contributed by atoms with Gasteiger partial charge in [0.1, 0.15) is 11.9 Å². The average Bonchev–Trinajstić information content (AvgIpc) is 2.30. The van der Waals surface area contributed by atoms with E-state index in [-0.39, 0.29) is 0 Å². The van der Waals surface area contributed by atoms with Gasteiger partial charge in [-0.3, -0.25) is 0 Å². The third-order valence-electron chi connectivity index (χ3n) is 2.87. The lowest BCUT2D eigenvalue weighted by molar-refractivity contribution is 0.234. The zero-order chi connectivity index (χ0) is 10.7. The van der Waals surface area contributed by atoms with Gasteiger partial charge in [0.2, 0.25) is 0 Å². The highest BCUT2D eigenvalue weighted by molar-refractivity contribution is 5.29. The van der Waals surface area contributed by atoms with Crippen molar-refractivity contribution in [2.24, 2.45) is 0 Å². The van der Waals surface area contributed by atoms with Crippen LogP contribution in [0.25, 0.3) is 0 Å². The van der Waals surface area contributed by atoms with Crippen molar-refractivity contribution in [3.05, 3.63) is 29.8 Å². The molecule has 3 heteroatoms. The van der Waals surface area contributed by atoms with E-state index in [1.165, 1.54) is 5.56 Å². The van der Waals surface area contributed by atoms with E-state index in [4.69, 9.17) is 4.74 Å². The molecule has 82 valence electrons. The number of benzene rings is 1. The van der Waals surface area contributed by atoms with E-state index in [1.54, 1.807) is 7.11 Å². The van der Waals surface area contributed by atoms with E-state index < -0.39 is 6.17 Å². The number of halogens is 1. The summed E-state index contributed by atoms with van der Waals surface area (Å²) in [6, 6.07) is 8.25. The lowest BCUT2D eigenvalue weighted by Gasteiger charge is -2.26. The average molecular weight is 209 g/mol. The minimum atomic E-state index is -0.681. The summed E-state index contributed by atoms with van der Waals surface area (Å²) >= 11 is 0. The maximum Gasteiger partial charge on any atom is 0.118 e. The zero-order valence-corrected chi connectivity index (χ0v) is 8.87. The topological polar surface area (TPSA) is 21.3 Å². The van der Waals surface area contributed by atoms with Gasteiger partial charge in [-0.1, -0.05) is 12.1 Å². The van der Waals surface area contributed by atoms with Crippen LogP contribution < -0.4 is 10.1 Å². The predicted molar refractivity (Wildman–Crippen MR) is 57.9 cm³/mol. The van der Waals surface area contributed by atoms with Crippen LogP contribution in [0.15, 0.2) is 24.3 Å². The highest BCUT2D eigenvalue weighted by Crippen LogP contribution is 2.25. The molecule has 1 N–H and O–H groups in total. The normalized spacial score (nSPS) is 26.3. The molecule has 0 radical (unpaired) electrons. The van der Waals surface area contributed by atoms with E-state index in [2.05, 4.69) is 5.32 Å². The number of hydrogen-bond acceptors (Lipinski definition) is 2. The minimum Gasteiger partial charge on any atom is -0.497 e. The summed E-state index contributed by atoms with van der Waals surface area (Å²) in [5.74, 6) is 0.859. The van der Waals surface area contributed by atoms with Crippen molar-refractivity contribution < 1.29 is 9.13 Å². The summed E-state index contributed by atoms with van der Waals surface area (Å²) in [5, 5.41) is 3.21. The standard InChI is InChI=1S/C12H16FNO/c1-15-11-5-2-9(3-6-11)12-7-4-10(13)8-14-12/h2-3,5-6,10,12,14H,4,7-8H2,1H3. The predicted octanol–water partition coefficient (Wildman–Crippen LogP) is 2.46. The van der Waals surface area contributed by atoms with Crippen molar-refractivity contribution in [1.82, 2.24) is 5.32 Å². The van der Waals surface area contributed by atoms with Crippen LogP contribution in [0.3, 0.4) is 0 Å². The summed E-state index contributed by atoms with van der Waals surface area (Å²) in [7, 11) is 1.65. The summed E-state index contributed by atoms with van der Waals surface area (Å²) in [6.07, 6.45) is 0.844. The third-order valence-corrected chi connectivity index (χ3v) is 2.87. The molecule has 0 spiro atoms. The Balaban J connectivity index is 2.03. The molecule has 2 nitrogen and oxygen atoms in total. The Labute approximate surface area is 89.4 Å². The van der Waals surface area contributed by atoms with Crippen molar-refractivity contribution in [1.29, 1.82) is 0 Å². The van der Waals surface area contributed by atoms with Gasteiger partial charge in [0, 0.05) is 12.6 Å². The Morgan fingerprint density at radius 3 is 2.53 bits per heavy atom. The second-order valence-electron chi connectivity index (χ2n) is 3.91. The van der Waals surface area contributed by atoms with E-state index in [1.807, 2.05) is 24.3 Å². The summed E-state index contributed by atoms with van der Waals surface area (Å²) in [5.41, 5.74) is 1.21. The van der Waals surface area contributed by atoms with Gasteiger partial charge in [-0.2, -0.15) is 0 Å². The first-order valence-corrected chi connectivity index (χ1v) is 5.31. The Morgan fingerprint density at radius 1 is 1.27 bits per heavy atom. The molecule has 15 heavy (non-hydrogen) atoms. The van der Waals surface area contributed by atoms with Gasteiger partial charge >= 0.3 is 0 Å². The van der Waals surface area contributed by atoms with Gasteiger partial charge in [-0.25, -0.2) is 4.39 Å². The molecule has 1 aromatic rings. The van der Waals surface area contributed by atoms with Crippen LogP contribution in [0, 0.1) is 0 Å². The number of methoxy groups -OCH3 is 1. The Bertz CT molecular complexity index is 304. The number of nitrogens with one attached hydrogen (secondary N) is 1. The maximum atomic E-state index is 12.9. The molecule has 2 unspecified atom stereocenters. The van der Waals surface area contributed by atoms with Crippen molar-refractivity contribution in [3.63, 3.8) is 0 Å². The van der Waals surface area contributed by atoms with Crippen LogP contribution in [0.5, 0.6) is 5.75 Å². The van der Waals surface area contributed by atoms with Gasteiger partial charge in [0.25, 0.3) is 0 Å². The van der Waals surface area contributed by atoms with E-state index in [0.29, 0.717) is 19.0 Å². The van der Waals surface area contributed by atoms with Crippen LogP contribution in [-0.2, 0) is 0 Å². The van der Waals surface area contributed by atoms with Crippen molar-refractivity contribution in [2.75, 3.05) is 13.7 Å². The van der Waals surface area contributed by atoms with Crippen LogP contribution in [0.1, 0.15) is 24.4 Å². The second kappa shape index (κ2) is 4.62. The SMILES string of the molecule is COc1ccc(C2CCC(F)CN2)cc1. The van der Waals surface area contributed by atoms with Crippen LogP contribution in [0.4, 0.5) is 4.39 Å². The molecular weight excluding hydrogens is 193 g/mol. The highest BCUT2D eigenvalue weighted by Gasteiger charge is 2.20. The lowest BCUT2D eigenvalue weighted by atomic mass is 9.97. The molecule has 0 aliphatic carbocycles. The van der Waals surface area contributed by atoms with Crippen molar-refractivity contribution in [2.45, 2.75) is 25.1 Å². The van der Waals surface area contributed by atoms with Crippen molar-refractivity contribution >= 4 is 0 Å². The monoisotopic (exact) mass is 209 g/mol. The first-order valence-electron chi connectivity index (χ1n) is 5.31. The van der Waals surface area contributed by atoms with Gasteiger partial charge in [-0.15, -0.1) is 0 Å². The van der Waals surface area contributed by atoms with Gasteiger partial charge < -0.3 is 10.1 Å². The number of alkyl halides is 1. The highest BCUT2D eigenvalue weighted by atomic mass is 19.1. The summed E-state index contributed by atoms with van der Waals surface area (Å²) in [6.45, 7) is 0.469. The molecule has 1 heterocycles. The Hall–Kier alpha value is -1.09. The number of hydrogen-bond donors (Lipinski definition) is 1. The number of rotatable bonds is 2. The molecule has 1 aliphatic rings. The molecule has 1 saturated heterocycles. The first-order chi connectivity index (χ1) is 7.29. The molecule has 2 atom stereocenters. The minimum absolute atomic E-state index is 0.294. The molecule has 0 saturated carbocycles. The van der Waals surface area contributed by atoms with Gasteiger partial charge in [0.05, 0.1) is 7.11 Å². The van der Waals surface area contributed by atoms with Crippen LogP contribution >= 0.6 is 0 Å². The second-order valence-corrected chi connectivity index (χ2v) is 3.91. The fourth-order valence-electron chi connectivity index (χ4n) is 1.94. The Kier molecular flexibility index (Phi) is 3.21. The molecule has 0 aromatic heterocycles. The zero-order valence-electron chi connectivity index (χ0n) is 8.87. The number of ether oxygens (including phenoxy) is 1. The number of piperidine rings is 1. The summed E-state index contributed by atoms with van der Waals surface area (Å²) in [4.78, 5) is 0. The van der Waals surface area contributed by atoms with Crippen LogP contribution in [0.2, 0.25) is 0 Å². The fraction of sp³-hybridized carbons (Fsp3) is 0.500. The largest absolute Gasteiger partial charge is 0.497 e. The molecule has 1 fully saturated rings. The molecule has 1 aromatic carbocycles. The molecule has 0 bridgehead atoms. The first kappa shape index (κ1) is 10.4. The molecular formula is C12H16FNO. The maximum absolute atomic E-state index is 12.9. The van der Waals surface area contributed by atoms with Crippen molar-refractivity contribution in [3.8, 4) is 5.75 Å². The van der Waals surface area contributed by atoms with E-state index in [9.17, 15) is 4.39 Å². The molecule has 1 aliphatic heterocycles. The van der Waals surface area contributed by atoms with E-state index in [0.717, 1.165) is 12.2 Å². The van der Waals surface area contributed by atoms with Gasteiger partial charge in [-0.05, 0) is 30.5 Å². The van der Waals surface area contributed by atoms with E-state index >= 15 is 0 Å². The third kappa shape index (κ3) is 2.48. The van der Waals surface area contributed by atoms with Crippen LogP contribution in [-0.4, -0.2) is 19.8 Å². The smallest absolute Gasteiger partial charge is 0.118 e. The quantitative estimate of drug-likeness (QED) is 0.807. The summed E-state index contributed by atoms with van der Waals surface area (Å²) < 4.78 is 18.0. The molecule has 0 amide bonds. The Morgan fingerprint density at radius 2 is 2.00 bits per heavy atom. The fourth-order valence-corrected chi connectivity index (χ4v) is 1.94.